The second-order valence-corrected chi connectivity index (χ2v) is 4.25. The maximum atomic E-state index is 9.71. The standard InChI is InChI=1S/C13H17N3O.2ClH/c14-13(15)10-4-6-12(17)9(8-10)3-5-11-2-1-7-16-11;;/h3-6,8,11,16-17H,1-2,7H2,(H3,14,15);2*1H/t11-;;/m1../s1. The van der Waals surface area contributed by atoms with Crippen LogP contribution in [0.25, 0.3) is 6.08 Å². The Hall–Kier alpha value is -1.23. The summed E-state index contributed by atoms with van der Waals surface area (Å²) in [5, 5.41) is 20.4. The van der Waals surface area contributed by atoms with Gasteiger partial charge in [-0.1, -0.05) is 12.2 Å². The van der Waals surface area contributed by atoms with Gasteiger partial charge in [-0.05, 0) is 37.6 Å². The molecule has 6 heteroatoms. The van der Waals surface area contributed by atoms with Gasteiger partial charge in [0.25, 0.3) is 0 Å². The first-order valence-electron chi connectivity index (χ1n) is 5.76. The van der Waals surface area contributed by atoms with Gasteiger partial charge >= 0.3 is 0 Å². The molecule has 0 aromatic heterocycles. The normalized spacial score (nSPS) is 17.8. The highest BCUT2D eigenvalue weighted by atomic mass is 35.5. The smallest absolute Gasteiger partial charge is 0.122 e. The third kappa shape index (κ3) is 4.74. The summed E-state index contributed by atoms with van der Waals surface area (Å²) in [7, 11) is 0. The predicted octanol–water partition coefficient (Wildman–Crippen LogP) is 2.29. The monoisotopic (exact) mass is 303 g/mol. The van der Waals surface area contributed by atoms with E-state index in [1.807, 2.05) is 12.2 Å². The van der Waals surface area contributed by atoms with Crippen molar-refractivity contribution in [2.75, 3.05) is 6.54 Å². The van der Waals surface area contributed by atoms with E-state index in [0.29, 0.717) is 17.2 Å². The molecule has 1 fully saturated rings. The Balaban J connectivity index is 0.00000162. The first-order chi connectivity index (χ1) is 8.16. The van der Waals surface area contributed by atoms with Crippen LogP contribution in [0.5, 0.6) is 5.75 Å². The zero-order valence-electron chi connectivity index (χ0n) is 10.4. The molecule has 0 bridgehead atoms. The Morgan fingerprint density at radius 3 is 2.74 bits per heavy atom. The molecule has 0 radical (unpaired) electrons. The van der Waals surface area contributed by atoms with Gasteiger partial charge in [0.05, 0.1) is 0 Å². The lowest BCUT2D eigenvalue weighted by atomic mass is 10.1. The molecule has 1 aliphatic heterocycles. The van der Waals surface area contributed by atoms with Crippen LogP contribution in [0.15, 0.2) is 24.3 Å². The molecule has 2 rings (SSSR count). The van der Waals surface area contributed by atoms with E-state index in [2.05, 4.69) is 5.32 Å². The minimum Gasteiger partial charge on any atom is -0.507 e. The maximum absolute atomic E-state index is 9.71. The molecule has 4 nitrogen and oxygen atoms in total. The van der Waals surface area contributed by atoms with E-state index >= 15 is 0 Å². The second kappa shape index (κ2) is 8.04. The number of hydrogen-bond acceptors (Lipinski definition) is 3. The SMILES string of the molecule is Cl.Cl.N=C(N)c1ccc(O)c(C=C[C@H]2CCCN2)c1. The van der Waals surface area contributed by atoms with Crippen LogP contribution in [0.3, 0.4) is 0 Å². The van der Waals surface area contributed by atoms with Crippen LogP contribution >= 0.6 is 24.8 Å². The summed E-state index contributed by atoms with van der Waals surface area (Å²) in [5.41, 5.74) is 6.74. The number of nitrogens with two attached hydrogens (primary N) is 1. The number of nitrogens with one attached hydrogen (secondary N) is 2. The molecule has 0 spiro atoms. The van der Waals surface area contributed by atoms with Gasteiger partial charge in [0, 0.05) is 17.2 Å². The summed E-state index contributed by atoms with van der Waals surface area (Å²) in [6.45, 7) is 1.05. The Labute approximate surface area is 125 Å². The molecule has 1 aromatic rings. The largest absolute Gasteiger partial charge is 0.507 e. The quantitative estimate of drug-likeness (QED) is 0.511. The van der Waals surface area contributed by atoms with Gasteiger partial charge in [-0.25, -0.2) is 0 Å². The predicted molar refractivity (Wildman–Crippen MR) is 83.7 cm³/mol. The van der Waals surface area contributed by atoms with Gasteiger partial charge in [-0.2, -0.15) is 0 Å². The molecule has 1 heterocycles. The fourth-order valence-corrected chi connectivity index (χ4v) is 1.95. The summed E-state index contributed by atoms with van der Waals surface area (Å²) in [4.78, 5) is 0. The van der Waals surface area contributed by atoms with Crippen molar-refractivity contribution in [2.45, 2.75) is 18.9 Å². The molecule has 19 heavy (non-hydrogen) atoms. The summed E-state index contributed by atoms with van der Waals surface area (Å²) in [5.74, 6) is 0.225. The van der Waals surface area contributed by atoms with Crippen LogP contribution in [0, 0.1) is 5.41 Å². The fraction of sp³-hybridized carbons (Fsp3) is 0.308. The number of amidine groups is 1. The fourth-order valence-electron chi connectivity index (χ4n) is 1.95. The van der Waals surface area contributed by atoms with Crippen LogP contribution < -0.4 is 11.1 Å². The van der Waals surface area contributed by atoms with Crippen molar-refractivity contribution in [3.05, 3.63) is 35.4 Å². The summed E-state index contributed by atoms with van der Waals surface area (Å²) in [6.07, 6.45) is 6.24. The van der Waals surface area contributed by atoms with E-state index in [1.165, 1.54) is 6.42 Å². The van der Waals surface area contributed by atoms with Crippen molar-refractivity contribution in [1.82, 2.24) is 5.32 Å². The third-order valence-electron chi connectivity index (χ3n) is 2.95. The summed E-state index contributed by atoms with van der Waals surface area (Å²) in [6, 6.07) is 5.32. The average Bonchev–Trinajstić information content (AvgIpc) is 2.80. The van der Waals surface area contributed by atoms with Crippen molar-refractivity contribution in [2.24, 2.45) is 5.73 Å². The minimum atomic E-state index is 0. The lowest BCUT2D eigenvalue weighted by Gasteiger charge is -2.05. The van der Waals surface area contributed by atoms with Crippen LogP contribution in [-0.2, 0) is 0 Å². The number of rotatable bonds is 3. The average molecular weight is 304 g/mol. The summed E-state index contributed by atoms with van der Waals surface area (Å²) < 4.78 is 0. The van der Waals surface area contributed by atoms with Gasteiger partial charge in [-0.15, -0.1) is 24.8 Å². The van der Waals surface area contributed by atoms with Crippen molar-refractivity contribution >= 4 is 36.7 Å². The Kier molecular flexibility index (Phi) is 7.52. The van der Waals surface area contributed by atoms with E-state index in [4.69, 9.17) is 11.1 Å². The van der Waals surface area contributed by atoms with E-state index in [0.717, 1.165) is 13.0 Å². The molecule has 1 atom stereocenters. The molecule has 0 saturated carbocycles. The number of halogens is 2. The van der Waals surface area contributed by atoms with E-state index in [-0.39, 0.29) is 36.4 Å². The molecular weight excluding hydrogens is 285 g/mol. The first-order valence-corrected chi connectivity index (χ1v) is 5.76. The van der Waals surface area contributed by atoms with Crippen LogP contribution in [0.1, 0.15) is 24.0 Å². The third-order valence-corrected chi connectivity index (χ3v) is 2.95. The molecule has 0 unspecified atom stereocenters. The van der Waals surface area contributed by atoms with Gasteiger partial charge in [-0.3, -0.25) is 5.41 Å². The van der Waals surface area contributed by atoms with Gasteiger partial charge in [0.2, 0.25) is 0 Å². The van der Waals surface area contributed by atoms with E-state index in [1.54, 1.807) is 18.2 Å². The molecule has 0 aliphatic carbocycles. The number of phenolic OH excluding ortho intramolecular Hbond substituents is 1. The first kappa shape index (κ1) is 17.8. The molecule has 5 N–H and O–H groups in total. The van der Waals surface area contributed by atoms with Crippen molar-refractivity contribution < 1.29 is 5.11 Å². The molecule has 1 aliphatic rings. The Bertz CT molecular complexity index is 457. The number of benzene rings is 1. The second-order valence-electron chi connectivity index (χ2n) is 4.25. The zero-order chi connectivity index (χ0) is 12.3. The van der Waals surface area contributed by atoms with Crippen molar-refractivity contribution in [3.63, 3.8) is 0 Å². The van der Waals surface area contributed by atoms with E-state index in [9.17, 15) is 5.11 Å². The number of aromatic hydroxyl groups is 1. The van der Waals surface area contributed by atoms with Gasteiger partial charge < -0.3 is 16.2 Å². The number of phenols is 1. The van der Waals surface area contributed by atoms with Crippen LogP contribution in [0.2, 0.25) is 0 Å². The number of nitrogen functional groups attached to an aromatic ring is 1. The maximum Gasteiger partial charge on any atom is 0.122 e. The number of hydrogen-bond donors (Lipinski definition) is 4. The minimum absolute atomic E-state index is 0. The molecule has 106 valence electrons. The topological polar surface area (TPSA) is 82.1 Å². The van der Waals surface area contributed by atoms with Gasteiger partial charge in [0.15, 0.2) is 0 Å². The van der Waals surface area contributed by atoms with E-state index < -0.39 is 0 Å². The molecule has 0 amide bonds. The Morgan fingerprint density at radius 1 is 1.42 bits per heavy atom. The lowest BCUT2D eigenvalue weighted by Crippen LogP contribution is -2.18. The summed E-state index contributed by atoms with van der Waals surface area (Å²) >= 11 is 0. The highest BCUT2D eigenvalue weighted by Gasteiger charge is 2.10. The zero-order valence-corrected chi connectivity index (χ0v) is 12.1. The molecule has 1 saturated heterocycles. The van der Waals surface area contributed by atoms with Crippen molar-refractivity contribution in [1.29, 1.82) is 5.41 Å². The van der Waals surface area contributed by atoms with Crippen molar-refractivity contribution in [3.8, 4) is 5.75 Å². The highest BCUT2D eigenvalue weighted by molar-refractivity contribution is 5.95. The Morgan fingerprint density at radius 2 is 2.16 bits per heavy atom. The molecule has 1 aromatic carbocycles. The van der Waals surface area contributed by atoms with Crippen LogP contribution in [-0.4, -0.2) is 23.5 Å². The van der Waals surface area contributed by atoms with Gasteiger partial charge in [0.1, 0.15) is 11.6 Å². The highest BCUT2D eigenvalue weighted by Crippen LogP contribution is 2.20. The van der Waals surface area contributed by atoms with Crippen LogP contribution in [0.4, 0.5) is 0 Å². The lowest BCUT2D eigenvalue weighted by molar-refractivity contribution is 0.474. The molecular formula is C13H19Cl2N3O.